The molecule has 6 fully saturated rings. The summed E-state index contributed by atoms with van der Waals surface area (Å²) in [6.45, 7) is 2.76. The first kappa shape index (κ1) is 25.4. The van der Waals surface area contributed by atoms with Gasteiger partial charge >= 0.3 is 17.6 Å². The third-order valence-electron chi connectivity index (χ3n) is 9.34. The predicted molar refractivity (Wildman–Crippen MR) is 120 cm³/mol. The summed E-state index contributed by atoms with van der Waals surface area (Å²) in [5, 5.41) is 10.5. The van der Waals surface area contributed by atoms with E-state index in [1.165, 1.54) is 6.42 Å². The maximum absolute atomic E-state index is 15.7. The minimum absolute atomic E-state index is 0.0551. The minimum Gasteiger partial charge on any atom is -0.463 e. The first-order chi connectivity index (χ1) is 16.8. The molecule has 3 atom stereocenters. The second-order valence-corrected chi connectivity index (χ2v) is 11.3. The fraction of sp³-hybridized carbons (Fsp3) is 0.923. The Balaban J connectivity index is 1.40. The van der Waals surface area contributed by atoms with E-state index >= 15 is 4.39 Å². The van der Waals surface area contributed by atoms with Crippen molar-refractivity contribution in [2.45, 2.75) is 101 Å². The number of ether oxygens (including phenoxy) is 3. The Bertz CT molecular complexity index is 771. The van der Waals surface area contributed by atoms with Crippen molar-refractivity contribution in [1.29, 1.82) is 0 Å². The first-order valence-electron chi connectivity index (χ1n) is 13.5. The van der Waals surface area contributed by atoms with Crippen LogP contribution in [0, 0.1) is 29.6 Å². The summed E-state index contributed by atoms with van der Waals surface area (Å²) in [6, 6.07) is 0. The van der Waals surface area contributed by atoms with Crippen LogP contribution in [0.4, 0.5) is 4.39 Å². The molecule has 1 N–H and O–H groups in total. The van der Waals surface area contributed by atoms with Crippen LogP contribution in [0.15, 0.2) is 0 Å². The van der Waals surface area contributed by atoms with Crippen LogP contribution in [-0.4, -0.2) is 60.0 Å². The summed E-state index contributed by atoms with van der Waals surface area (Å²) in [7, 11) is 0. The van der Waals surface area contributed by atoms with E-state index in [2.05, 4.69) is 0 Å². The quantitative estimate of drug-likeness (QED) is 0.292. The van der Waals surface area contributed by atoms with E-state index in [-0.39, 0.29) is 37.6 Å². The molecule has 5 saturated carbocycles. The van der Waals surface area contributed by atoms with E-state index in [1.807, 2.05) is 0 Å². The molecule has 1 heterocycles. The molecule has 1 saturated heterocycles. The van der Waals surface area contributed by atoms with E-state index in [9.17, 15) is 14.7 Å². The summed E-state index contributed by atoms with van der Waals surface area (Å²) in [5.74, 6) is -1.79. The van der Waals surface area contributed by atoms with E-state index < -0.39 is 41.5 Å². The van der Waals surface area contributed by atoms with Crippen molar-refractivity contribution in [2.75, 3.05) is 19.8 Å². The Morgan fingerprint density at radius 3 is 2.00 bits per heavy atom. The normalized spacial score (nSPS) is 42.1. The van der Waals surface area contributed by atoms with Gasteiger partial charge in [-0.3, -0.25) is 0 Å². The standard InChI is InChI=1S/C26H39FO8/c1-3-31-22(29)24(27,23(30)32-4-2)8-9-33-26(18-6-5-7-21(28)15-18)25(34-35-26)19-11-16-10-17(13-19)14-20(25)12-16/h16-21,28H,3-15H2,1-2H3. The molecule has 1 spiro atoms. The Morgan fingerprint density at radius 2 is 1.51 bits per heavy atom. The Labute approximate surface area is 206 Å². The zero-order valence-electron chi connectivity index (χ0n) is 20.8. The van der Waals surface area contributed by atoms with Gasteiger partial charge in [0.25, 0.3) is 0 Å². The number of hydrogen-bond donors (Lipinski definition) is 1. The molecule has 0 radical (unpaired) electrons. The first-order valence-corrected chi connectivity index (χ1v) is 13.5. The molecular weight excluding hydrogens is 459 g/mol. The molecule has 4 bridgehead atoms. The molecule has 6 aliphatic rings. The van der Waals surface area contributed by atoms with Crippen molar-refractivity contribution in [3.05, 3.63) is 0 Å². The fourth-order valence-electron chi connectivity index (χ4n) is 8.08. The third kappa shape index (κ3) is 3.92. The number of alkyl halides is 1. The third-order valence-corrected chi connectivity index (χ3v) is 9.34. The molecule has 1 aliphatic heterocycles. The van der Waals surface area contributed by atoms with Crippen LogP contribution in [0.1, 0.15) is 78.1 Å². The second kappa shape index (κ2) is 9.54. The van der Waals surface area contributed by atoms with Gasteiger partial charge in [-0.05, 0) is 88.9 Å². The fourth-order valence-corrected chi connectivity index (χ4v) is 8.08. The number of halogens is 1. The molecule has 5 aliphatic carbocycles. The van der Waals surface area contributed by atoms with E-state index in [4.69, 9.17) is 24.0 Å². The summed E-state index contributed by atoms with van der Waals surface area (Å²) in [4.78, 5) is 36.8. The summed E-state index contributed by atoms with van der Waals surface area (Å²) < 4.78 is 31.9. The molecule has 3 unspecified atom stereocenters. The van der Waals surface area contributed by atoms with Crippen molar-refractivity contribution >= 4 is 11.9 Å². The summed E-state index contributed by atoms with van der Waals surface area (Å²) in [5.41, 5.74) is -3.59. The van der Waals surface area contributed by atoms with E-state index in [1.54, 1.807) is 13.8 Å². The smallest absolute Gasteiger partial charge is 0.355 e. The molecule has 198 valence electrons. The molecule has 0 aromatic heterocycles. The Kier molecular flexibility index (Phi) is 6.91. The Hall–Kier alpha value is -1.29. The molecule has 0 amide bonds. The SMILES string of the molecule is CCOC(=O)C(F)(CCOC1(C2CCCC(O)C2)OOC12C1CC3CC(C1)CC2C3)C(=O)OCC. The lowest BCUT2D eigenvalue weighted by molar-refractivity contribution is -0.649. The van der Waals surface area contributed by atoms with Crippen LogP contribution in [-0.2, 0) is 33.6 Å². The summed E-state index contributed by atoms with van der Waals surface area (Å²) in [6.07, 6.45) is 7.46. The van der Waals surface area contributed by atoms with Crippen LogP contribution < -0.4 is 0 Å². The zero-order valence-corrected chi connectivity index (χ0v) is 20.8. The van der Waals surface area contributed by atoms with E-state index in [0.717, 1.165) is 44.9 Å². The molecule has 6 rings (SSSR count). The lowest BCUT2D eigenvalue weighted by atomic mass is 9.46. The molecule has 35 heavy (non-hydrogen) atoms. The Morgan fingerprint density at radius 1 is 0.914 bits per heavy atom. The van der Waals surface area contributed by atoms with Crippen molar-refractivity contribution in [1.82, 2.24) is 0 Å². The van der Waals surface area contributed by atoms with Crippen LogP contribution in [0.3, 0.4) is 0 Å². The number of aliphatic hydroxyl groups is 1. The maximum atomic E-state index is 15.7. The van der Waals surface area contributed by atoms with Crippen LogP contribution in [0.5, 0.6) is 0 Å². The molecular formula is C26H39FO8. The molecule has 8 nitrogen and oxygen atoms in total. The highest BCUT2D eigenvalue weighted by molar-refractivity contribution is 6.03. The molecule has 0 aromatic carbocycles. The second-order valence-electron chi connectivity index (χ2n) is 11.3. The number of hydrogen-bond acceptors (Lipinski definition) is 8. The van der Waals surface area contributed by atoms with Gasteiger partial charge < -0.3 is 19.3 Å². The van der Waals surface area contributed by atoms with Crippen LogP contribution in [0.25, 0.3) is 0 Å². The number of carbonyl (C=O) groups excluding carboxylic acids is 2. The van der Waals surface area contributed by atoms with Gasteiger partial charge in [0, 0.05) is 12.3 Å². The van der Waals surface area contributed by atoms with Crippen molar-refractivity contribution in [3.63, 3.8) is 0 Å². The van der Waals surface area contributed by atoms with Crippen molar-refractivity contribution in [2.24, 2.45) is 29.6 Å². The van der Waals surface area contributed by atoms with Crippen molar-refractivity contribution < 1.29 is 43.1 Å². The highest BCUT2D eigenvalue weighted by atomic mass is 19.1. The van der Waals surface area contributed by atoms with Gasteiger partial charge in [-0.25, -0.2) is 18.9 Å². The average molecular weight is 499 g/mol. The average Bonchev–Trinajstić information content (AvgIpc) is 2.80. The van der Waals surface area contributed by atoms with Crippen LogP contribution in [0.2, 0.25) is 0 Å². The van der Waals surface area contributed by atoms with Gasteiger partial charge in [-0.15, -0.1) is 0 Å². The number of rotatable bonds is 9. The maximum Gasteiger partial charge on any atom is 0.355 e. The van der Waals surface area contributed by atoms with Gasteiger partial charge in [-0.2, -0.15) is 4.89 Å². The topological polar surface area (TPSA) is 101 Å². The largest absolute Gasteiger partial charge is 0.463 e. The highest BCUT2D eigenvalue weighted by Gasteiger charge is 2.78. The number of carbonyl (C=O) groups is 2. The number of esters is 2. The summed E-state index contributed by atoms with van der Waals surface area (Å²) >= 11 is 0. The monoisotopic (exact) mass is 498 g/mol. The zero-order chi connectivity index (χ0) is 24.8. The van der Waals surface area contributed by atoms with Crippen LogP contribution >= 0.6 is 0 Å². The van der Waals surface area contributed by atoms with Gasteiger partial charge in [0.2, 0.25) is 5.79 Å². The molecule has 0 aromatic rings. The van der Waals surface area contributed by atoms with Gasteiger partial charge in [0.1, 0.15) is 0 Å². The lowest BCUT2D eigenvalue weighted by Crippen LogP contribution is -2.81. The van der Waals surface area contributed by atoms with Gasteiger partial charge in [-0.1, -0.05) is 6.42 Å². The van der Waals surface area contributed by atoms with E-state index in [0.29, 0.717) is 18.3 Å². The molecule has 9 heteroatoms. The minimum atomic E-state index is -2.96. The highest BCUT2D eigenvalue weighted by Crippen LogP contribution is 2.69. The predicted octanol–water partition coefficient (Wildman–Crippen LogP) is 3.63. The van der Waals surface area contributed by atoms with Gasteiger partial charge in [0.05, 0.1) is 25.9 Å². The number of aliphatic hydroxyl groups excluding tert-OH is 1. The lowest BCUT2D eigenvalue weighted by Gasteiger charge is -2.70. The van der Waals surface area contributed by atoms with Crippen molar-refractivity contribution in [3.8, 4) is 0 Å². The van der Waals surface area contributed by atoms with Gasteiger partial charge in [0.15, 0.2) is 5.60 Å².